The first-order valence-corrected chi connectivity index (χ1v) is 29.4. The maximum Gasteiger partial charge on any atom is 0.306 e. The summed E-state index contributed by atoms with van der Waals surface area (Å²) in [6.45, 7) is 9.06. The summed E-state index contributed by atoms with van der Waals surface area (Å²) in [4.78, 5) is 38.2. The second-order valence-corrected chi connectivity index (χ2v) is 20.8. The number of hydrogen-bond donors (Lipinski definition) is 0. The van der Waals surface area contributed by atoms with Gasteiger partial charge in [-0.3, -0.25) is 14.4 Å². The molecule has 65 heavy (non-hydrogen) atoms. The van der Waals surface area contributed by atoms with Crippen LogP contribution in [0, 0.1) is 5.92 Å². The van der Waals surface area contributed by atoms with Crippen molar-refractivity contribution in [1.29, 1.82) is 0 Å². The summed E-state index contributed by atoms with van der Waals surface area (Å²) in [6.07, 6.45) is 58.1. The first-order valence-electron chi connectivity index (χ1n) is 29.4. The van der Waals surface area contributed by atoms with Crippen LogP contribution in [0.5, 0.6) is 0 Å². The van der Waals surface area contributed by atoms with Gasteiger partial charge in [0, 0.05) is 19.3 Å². The number of ether oxygens (including phenoxy) is 3. The van der Waals surface area contributed by atoms with Gasteiger partial charge in [-0.25, -0.2) is 0 Å². The van der Waals surface area contributed by atoms with Crippen LogP contribution in [0.15, 0.2) is 0 Å². The van der Waals surface area contributed by atoms with Crippen LogP contribution in [-0.4, -0.2) is 37.2 Å². The van der Waals surface area contributed by atoms with E-state index in [1.54, 1.807) is 0 Å². The Kier molecular flexibility index (Phi) is 52.1. The largest absolute Gasteiger partial charge is 0.462 e. The van der Waals surface area contributed by atoms with Crippen molar-refractivity contribution in [3.63, 3.8) is 0 Å². The van der Waals surface area contributed by atoms with E-state index in [2.05, 4.69) is 27.7 Å². The number of hydrogen-bond acceptors (Lipinski definition) is 6. The number of unbranched alkanes of at least 4 members (excludes halogenated alkanes) is 41. The van der Waals surface area contributed by atoms with Gasteiger partial charge in [-0.05, 0) is 25.2 Å². The quantitative estimate of drug-likeness (QED) is 0.0344. The van der Waals surface area contributed by atoms with Gasteiger partial charge in [0.2, 0.25) is 0 Å². The Balaban J connectivity index is 4.29. The molecule has 0 aliphatic carbocycles. The zero-order chi connectivity index (χ0) is 47.4. The van der Waals surface area contributed by atoms with E-state index in [9.17, 15) is 14.4 Å². The van der Waals surface area contributed by atoms with E-state index in [4.69, 9.17) is 14.2 Å². The SMILES string of the molecule is CCCCCCCCCCCCCCCCCCCC(=O)OC[C@@H](COC(=O)CCCCCCCCCCCCCCCCCC)OC(=O)CCCCCCCCCCCCCC(C)C. The van der Waals surface area contributed by atoms with Crippen molar-refractivity contribution >= 4 is 17.9 Å². The molecular weight excluding hydrogens is 805 g/mol. The zero-order valence-electron chi connectivity index (χ0n) is 44.5. The fourth-order valence-electron chi connectivity index (χ4n) is 9.10. The highest BCUT2D eigenvalue weighted by Crippen LogP contribution is 2.18. The van der Waals surface area contributed by atoms with Crippen molar-refractivity contribution < 1.29 is 28.6 Å². The Labute approximate surface area is 406 Å². The topological polar surface area (TPSA) is 78.9 Å². The third-order valence-electron chi connectivity index (χ3n) is 13.5. The van der Waals surface area contributed by atoms with Crippen molar-refractivity contribution in [2.45, 2.75) is 342 Å². The van der Waals surface area contributed by atoms with Gasteiger partial charge in [0.1, 0.15) is 13.2 Å². The van der Waals surface area contributed by atoms with Crippen molar-refractivity contribution in [3.8, 4) is 0 Å². The van der Waals surface area contributed by atoms with Crippen LogP contribution in [0.1, 0.15) is 336 Å². The minimum Gasteiger partial charge on any atom is -0.462 e. The summed E-state index contributed by atoms with van der Waals surface area (Å²) in [6, 6.07) is 0. The Bertz CT molecular complexity index is 980. The molecule has 0 heterocycles. The minimum absolute atomic E-state index is 0.0619. The molecule has 6 nitrogen and oxygen atoms in total. The smallest absolute Gasteiger partial charge is 0.306 e. The summed E-state index contributed by atoms with van der Waals surface area (Å²) in [7, 11) is 0. The highest BCUT2D eigenvalue weighted by molar-refractivity contribution is 5.71. The molecular formula is C59H114O6. The Hall–Kier alpha value is -1.59. The molecule has 1 atom stereocenters. The lowest BCUT2D eigenvalue weighted by Gasteiger charge is -2.18. The predicted molar refractivity (Wildman–Crippen MR) is 280 cm³/mol. The van der Waals surface area contributed by atoms with E-state index >= 15 is 0 Å². The summed E-state index contributed by atoms with van der Waals surface area (Å²) in [5, 5.41) is 0. The van der Waals surface area contributed by atoms with Crippen molar-refractivity contribution in [2.24, 2.45) is 5.92 Å². The summed E-state index contributed by atoms with van der Waals surface area (Å²) < 4.78 is 16.9. The third-order valence-corrected chi connectivity index (χ3v) is 13.5. The Morgan fingerprint density at radius 3 is 0.754 bits per heavy atom. The normalized spacial score (nSPS) is 12.0. The van der Waals surface area contributed by atoms with E-state index in [0.717, 1.165) is 63.7 Å². The molecule has 6 heteroatoms. The molecule has 0 N–H and O–H groups in total. The van der Waals surface area contributed by atoms with Gasteiger partial charge in [-0.2, -0.15) is 0 Å². The standard InChI is InChI=1S/C59H114O6/c1-5-7-9-11-13-15-17-19-21-23-25-27-31-35-39-43-47-51-58(61)64-54-56(65-59(62)52-48-44-40-36-32-28-29-33-37-41-45-49-55(3)4)53-63-57(60)50-46-42-38-34-30-26-24-22-20-18-16-14-12-10-8-6-2/h55-56H,5-54H2,1-4H3/t56-/m1/s1. The fraction of sp³-hybridized carbons (Fsp3) is 0.949. The lowest BCUT2D eigenvalue weighted by molar-refractivity contribution is -0.167. The van der Waals surface area contributed by atoms with Gasteiger partial charge < -0.3 is 14.2 Å². The lowest BCUT2D eigenvalue weighted by Crippen LogP contribution is -2.30. The van der Waals surface area contributed by atoms with E-state index in [1.165, 1.54) is 231 Å². The number of carbonyl (C=O) groups excluding carboxylic acids is 3. The second-order valence-electron chi connectivity index (χ2n) is 20.8. The third kappa shape index (κ3) is 53.2. The van der Waals surface area contributed by atoms with Gasteiger partial charge in [0.25, 0.3) is 0 Å². The fourth-order valence-corrected chi connectivity index (χ4v) is 9.10. The number of esters is 3. The van der Waals surface area contributed by atoms with Crippen molar-refractivity contribution in [1.82, 2.24) is 0 Å². The molecule has 0 aromatic rings. The van der Waals surface area contributed by atoms with E-state index in [0.29, 0.717) is 19.3 Å². The second kappa shape index (κ2) is 53.4. The molecule has 0 saturated carbocycles. The molecule has 0 amide bonds. The van der Waals surface area contributed by atoms with Crippen molar-refractivity contribution in [3.05, 3.63) is 0 Å². The summed E-state index contributed by atoms with van der Waals surface area (Å²) in [5.41, 5.74) is 0. The van der Waals surface area contributed by atoms with Crippen LogP contribution < -0.4 is 0 Å². The zero-order valence-corrected chi connectivity index (χ0v) is 44.5. The summed E-state index contributed by atoms with van der Waals surface area (Å²) in [5.74, 6) is -0.00971. The predicted octanol–water partition coefficient (Wildman–Crippen LogP) is 19.4. The molecule has 0 fully saturated rings. The van der Waals surface area contributed by atoms with Gasteiger partial charge in [0.05, 0.1) is 0 Å². The molecule has 0 bridgehead atoms. The van der Waals surface area contributed by atoms with Gasteiger partial charge >= 0.3 is 17.9 Å². The van der Waals surface area contributed by atoms with Crippen LogP contribution in [0.3, 0.4) is 0 Å². The molecule has 0 aromatic carbocycles. The maximum atomic E-state index is 12.8. The molecule has 0 radical (unpaired) electrons. The van der Waals surface area contributed by atoms with Crippen LogP contribution in [0.25, 0.3) is 0 Å². The number of rotatable bonds is 54. The first kappa shape index (κ1) is 63.4. The average molecular weight is 920 g/mol. The molecule has 0 rings (SSSR count). The molecule has 0 aromatic heterocycles. The molecule has 0 saturated heterocycles. The van der Waals surface area contributed by atoms with E-state index in [1.807, 2.05) is 0 Å². The van der Waals surface area contributed by atoms with E-state index in [-0.39, 0.29) is 31.1 Å². The molecule has 0 aliphatic heterocycles. The highest BCUT2D eigenvalue weighted by atomic mass is 16.6. The lowest BCUT2D eigenvalue weighted by atomic mass is 10.0. The Morgan fingerprint density at radius 2 is 0.508 bits per heavy atom. The molecule has 0 aliphatic rings. The van der Waals surface area contributed by atoms with Gasteiger partial charge in [-0.1, -0.05) is 297 Å². The first-order chi connectivity index (χ1) is 31.9. The highest BCUT2D eigenvalue weighted by Gasteiger charge is 2.19. The molecule has 386 valence electrons. The van der Waals surface area contributed by atoms with Crippen LogP contribution in [-0.2, 0) is 28.6 Å². The van der Waals surface area contributed by atoms with Crippen molar-refractivity contribution in [2.75, 3.05) is 13.2 Å². The number of carbonyl (C=O) groups is 3. The minimum atomic E-state index is -0.762. The van der Waals surface area contributed by atoms with Crippen LogP contribution in [0.2, 0.25) is 0 Å². The molecule has 0 spiro atoms. The average Bonchev–Trinajstić information content (AvgIpc) is 3.29. The van der Waals surface area contributed by atoms with Gasteiger partial charge in [-0.15, -0.1) is 0 Å². The maximum absolute atomic E-state index is 12.8. The molecule has 0 unspecified atom stereocenters. The van der Waals surface area contributed by atoms with Crippen LogP contribution >= 0.6 is 0 Å². The van der Waals surface area contributed by atoms with Gasteiger partial charge in [0.15, 0.2) is 6.10 Å². The summed E-state index contributed by atoms with van der Waals surface area (Å²) >= 11 is 0. The Morgan fingerprint density at radius 1 is 0.292 bits per heavy atom. The monoisotopic (exact) mass is 919 g/mol. The van der Waals surface area contributed by atoms with Crippen LogP contribution in [0.4, 0.5) is 0 Å². The van der Waals surface area contributed by atoms with E-state index < -0.39 is 6.10 Å².